The number of nitrogens with one attached hydrogen (secondary N) is 3. The molecule has 0 fully saturated rings. The average Bonchev–Trinajstić information content (AvgIpc) is 2.38. The molecule has 0 aromatic carbocycles. The van der Waals surface area contributed by atoms with Gasteiger partial charge < -0.3 is 15.7 Å². The van der Waals surface area contributed by atoms with Gasteiger partial charge in [-0.1, -0.05) is 6.92 Å². The maximum Gasteiger partial charge on any atom is 0.337 e. The van der Waals surface area contributed by atoms with Gasteiger partial charge in [0.2, 0.25) is 10.0 Å². The lowest BCUT2D eigenvalue weighted by Crippen LogP contribution is -2.36. The monoisotopic (exact) mass is 316 g/mol. The second-order valence-electron chi connectivity index (χ2n) is 3.97. The Balaban J connectivity index is 2.47. The first kappa shape index (κ1) is 16.9. The highest BCUT2D eigenvalue weighted by Crippen LogP contribution is 2.07. The van der Waals surface area contributed by atoms with Crippen LogP contribution in [0.15, 0.2) is 18.5 Å². The van der Waals surface area contributed by atoms with Crippen LogP contribution in [0.2, 0.25) is 0 Å². The van der Waals surface area contributed by atoms with E-state index in [4.69, 9.17) is 5.11 Å². The minimum absolute atomic E-state index is 0.0671. The molecule has 1 heterocycles. The van der Waals surface area contributed by atoms with Crippen LogP contribution in [-0.4, -0.2) is 49.4 Å². The third-order valence-corrected chi connectivity index (χ3v) is 3.73. The molecule has 116 valence electrons. The van der Waals surface area contributed by atoms with Gasteiger partial charge in [0.15, 0.2) is 0 Å². The second kappa shape index (κ2) is 7.55. The number of pyridine rings is 1. The predicted molar refractivity (Wildman–Crippen MR) is 75.7 cm³/mol. The summed E-state index contributed by atoms with van der Waals surface area (Å²) in [6, 6.07) is 0.593. The fourth-order valence-electron chi connectivity index (χ4n) is 1.39. The van der Waals surface area contributed by atoms with Gasteiger partial charge in [-0.25, -0.2) is 22.7 Å². The average molecular weight is 316 g/mol. The Labute approximate surface area is 121 Å². The molecule has 0 saturated heterocycles. The minimum atomic E-state index is -3.40. The molecule has 0 atom stereocenters. The van der Waals surface area contributed by atoms with Crippen molar-refractivity contribution in [1.82, 2.24) is 15.0 Å². The Morgan fingerprint density at radius 1 is 1.33 bits per heavy atom. The van der Waals surface area contributed by atoms with Crippen molar-refractivity contribution < 1.29 is 23.1 Å². The fourth-order valence-corrected chi connectivity index (χ4v) is 2.35. The first-order valence-corrected chi connectivity index (χ1v) is 7.70. The van der Waals surface area contributed by atoms with Gasteiger partial charge in [-0.05, 0) is 6.07 Å². The zero-order valence-corrected chi connectivity index (χ0v) is 12.1. The van der Waals surface area contributed by atoms with Crippen LogP contribution in [0.1, 0.15) is 17.3 Å². The number of aromatic carboxylic acids is 1. The minimum Gasteiger partial charge on any atom is -0.478 e. The third-order valence-electron chi connectivity index (χ3n) is 2.26. The van der Waals surface area contributed by atoms with Crippen molar-refractivity contribution in [3.05, 3.63) is 24.0 Å². The molecule has 0 unspecified atom stereocenters. The molecular weight excluding hydrogens is 300 g/mol. The van der Waals surface area contributed by atoms with Crippen molar-refractivity contribution >= 4 is 27.7 Å². The van der Waals surface area contributed by atoms with E-state index >= 15 is 0 Å². The standard InChI is InChI=1S/C11H16N4O5S/c1-2-14-21(19,20)4-3-13-11(18)15-9-5-8(10(16)17)6-12-7-9/h5-7,14H,2-4H2,1H3,(H,16,17)(H2,13,15,18). The van der Waals surface area contributed by atoms with Gasteiger partial charge in [-0.2, -0.15) is 0 Å². The summed E-state index contributed by atoms with van der Waals surface area (Å²) in [6.45, 7) is 1.86. The molecule has 10 heteroatoms. The first-order valence-electron chi connectivity index (χ1n) is 6.04. The lowest BCUT2D eigenvalue weighted by Gasteiger charge is -2.08. The summed E-state index contributed by atoms with van der Waals surface area (Å²) in [5, 5.41) is 13.5. The van der Waals surface area contributed by atoms with Gasteiger partial charge in [0, 0.05) is 19.3 Å². The van der Waals surface area contributed by atoms with Crippen LogP contribution < -0.4 is 15.4 Å². The number of hydrogen-bond acceptors (Lipinski definition) is 5. The van der Waals surface area contributed by atoms with Gasteiger partial charge in [-0.15, -0.1) is 0 Å². The van der Waals surface area contributed by atoms with Crippen LogP contribution in [0.4, 0.5) is 10.5 Å². The molecule has 0 aliphatic carbocycles. The highest BCUT2D eigenvalue weighted by Gasteiger charge is 2.10. The van der Waals surface area contributed by atoms with Gasteiger partial charge in [0.05, 0.1) is 23.2 Å². The van der Waals surface area contributed by atoms with E-state index < -0.39 is 22.0 Å². The quantitative estimate of drug-likeness (QED) is 0.551. The molecule has 0 aliphatic rings. The maximum absolute atomic E-state index is 11.5. The van der Waals surface area contributed by atoms with Gasteiger partial charge in [0.1, 0.15) is 0 Å². The molecular formula is C11H16N4O5S. The summed E-state index contributed by atoms with van der Waals surface area (Å²) in [7, 11) is -3.40. The summed E-state index contributed by atoms with van der Waals surface area (Å²) >= 11 is 0. The van der Waals surface area contributed by atoms with E-state index in [1.165, 1.54) is 12.3 Å². The first-order chi connectivity index (χ1) is 9.84. The van der Waals surface area contributed by atoms with E-state index in [-0.39, 0.29) is 30.1 Å². The number of hydrogen-bond donors (Lipinski definition) is 4. The molecule has 1 aromatic rings. The third kappa shape index (κ3) is 6.19. The Morgan fingerprint density at radius 2 is 2.05 bits per heavy atom. The van der Waals surface area contributed by atoms with Gasteiger partial charge in [-0.3, -0.25) is 4.98 Å². The molecule has 4 N–H and O–H groups in total. The largest absolute Gasteiger partial charge is 0.478 e. The Morgan fingerprint density at radius 3 is 2.67 bits per heavy atom. The molecule has 0 saturated carbocycles. The topological polar surface area (TPSA) is 137 Å². The number of aromatic nitrogens is 1. The van der Waals surface area contributed by atoms with Crippen molar-refractivity contribution in [3.63, 3.8) is 0 Å². The highest BCUT2D eigenvalue weighted by molar-refractivity contribution is 7.89. The lowest BCUT2D eigenvalue weighted by molar-refractivity contribution is 0.0696. The SMILES string of the molecule is CCNS(=O)(=O)CCNC(=O)Nc1cncc(C(=O)O)c1. The molecule has 0 radical (unpaired) electrons. The molecule has 1 rings (SSSR count). The molecule has 21 heavy (non-hydrogen) atoms. The second-order valence-corrected chi connectivity index (χ2v) is 5.89. The number of anilines is 1. The van der Waals surface area contributed by atoms with Crippen LogP contribution >= 0.6 is 0 Å². The number of carbonyl (C=O) groups excluding carboxylic acids is 1. The number of rotatable bonds is 7. The predicted octanol–water partition coefficient (Wildman–Crippen LogP) is -0.159. The normalized spacial score (nSPS) is 10.9. The highest BCUT2D eigenvalue weighted by atomic mass is 32.2. The molecule has 0 spiro atoms. The number of amides is 2. The maximum atomic E-state index is 11.5. The molecule has 1 aromatic heterocycles. The van der Waals surface area contributed by atoms with E-state index in [9.17, 15) is 18.0 Å². The molecule has 2 amide bonds. The smallest absolute Gasteiger partial charge is 0.337 e. The molecule has 9 nitrogen and oxygen atoms in total. The van der Waals surface area contributed by atoms with E-state index in [0.717, 1.165) is 6.20 Å². The summed E-state index contributed by atoms with van der Waals surface area (Å²) in [4.78, 5) is 25.9. The van der Waals surface area contributed by atoms with Crippen molar-refractivity contribution in [2.45, 2.75) is 6.92 Å². The number of carboxylic acids is 1. The van der Waals surface area contributed by atoms with E-state index in [0.29, 0.717) is 0 Å². The zero-order valence-electron chi connectivity index (χ0n) is 11.3. The summed E-state index contributed by atoms with van der Waals surface area (Å²) < 4.78 is 25.0. The summed E-state index contributed by atoms with van der Waals surface area (Å²) in [5.74, 6) is -1.41. The summed E-state index contributed by atoms with van der Waals surface area (Å²) in [5.41, 5.74) is 0.129. The van der Waals surface area contributed by atoms with Gasteiger partial charge in [0.25, 0.3) is 0 Å². The van der Waals surface area contributed by atoms with Crippen LogP contribution in [0.25, 0.3) is 0 Å². The van der Waals surface area contributed by atoms with Crippen molar-refractivity contribution in [2.24, 2.45) is 0 Å². The number of carboxylic acid groups (broad SMARTS) is 1. The van der Waals surface area contributed by atoms with Crippen molar-refractivity contribution in [2.75, 3.05) is 24.2 Å². The Bertz CT molecular complexity index is 617. The van der Waals surface area contributed by atoms with Crippen LogP contribution in [0, 0.1) is 0 Å². The van der Waals surface area contributed by atoms with E-state index in [1.807, 2.05) is 0 Å². The van der Waals surface area contributed by atoms with Crippen LogP contribution in [0.5, 0.6) is 0 Å². The molecule has 0 aliphatic heterocycles. The van der Waals surface area contributed by atoms with Crippen molar-refractivity contribution in [3.8, 4) is 0 Å². The number of urea groups is 1. The van der Waals surface area contributed by atoms with Crippen LogP contribution in [0.3, 0.4) is 0 Å². The number of sulfonamides is 1. The molecule has 0 bridgehead atoms. The Kier molecular flexibility index (Phi) is 6.06. The number of nitrogens with zero attached hydrogens (tertiary/aromatic N) is 1. The van der Waals surface area contributed by atoms with E-state index in [2.05, 4.69) is 20.3 Å². The van der Waals surface area contributed by atoms with Crippen molar-refractivity contribution in [1.29, 1.82) is 0 Å². The fraction of sp³-hybridized carbons (Fsp3) is 0.364. The Hall–Kier alpha value is -2.20. The summed E-state index contributed by atoms with van der Waals surface area (Å²) in [6.07, 6.45) is 2.43. The zero-order chi connectivity index (χ0) is 15.9. The number of carbonyl (C=O) groups is 2. The van der Waals surface area contributed by atoms with Crippen LogP contribution in [-0.2, 0) is 10.0 Å². The lowest BCUT2D eigenvalue weighted by atomic mass is 10.3. The van der Waals surface area contributed by atoms with Gasteiger partial charge >= 0.3 is 12.0 Å². The van der Waals surface area contributed by atoms with E-state index in [1.54, 1.807) is 6.92 Å².